The quantitative estimate of drug-likeness (QED) is 0.523. The van der Waals surface area contributed by atoms with E-state index in [4.69, 9.17) is 16.6 Å². The number of piperidine rings is 1. The third-order valence-corrected chi connectivity index (χ3v) is 7.69. The lowest BCUT2D eigenvalue weighted by Crippen LogP contribution is -2.53. The van der Waals surface area contributed by atoms with E-state index in [9.17, 15) is 14.4 Å². The molecule has 3 amide bonds. The van der Waals surface area contributed by atoms with Gasteiger partial charge >= 0.3 is 0 Å². The highest BCUT2D eigenvalue weighted by molar-refractivity contribution is 6.30. The molecule has 0 bridgehead atoms. The standard InChI is InChI=1S/C29H34ClN7O3/c1-20-32-27-24(16-21-8-3-2-4-9-21)33-28(39)25-10-5-6-13-36(25)26(38)11-7-12-35(14-15-37(27)34-20)29(40)22-17-23(30)19-31-18-22/h2-4,8-9,17-19,24-25H,5-7,10-16H2,1H3,(H,33,39)/t24-,25+/m1/s1. The van der Waals surface area contributed by atoms with Crippen molar-refractivity contribution in [2.75, 3.05) is 19.6 Å². The minimum Gasteiger partial charge on any atom is -0.344 e. The van der Waals surface area contributed by atoms with Crippen LogP contribution < -0.4 is 5.32 Å². The van der Waals surface area contributed by atoms with Crippen LogP contribution in [0.15, 0.2) is 48.8 Å². The first kappa shape index (κ1) is 27.8. The number of nitrogens with one attached hydrogen (secondary N) is 1. The van der Waals surface area contributed by atoms with Crippen LogP contribution in [0.4, 0.5) is 0 Å². The van der Waals surface area contributed by atoms with Crippen molar-refractivity contribution in [2.24, 2.45) is 0 Å². The number of nitrogens with zero attached hydrogens (tertiary/aromatic N) is 6. The van der Waals surface area contributed by atoms with Crippen molar-refractivity contribution in [1.29, 1.82) is 0 Å². The second-order valence-corrected chi connectivity index (χ2v) is 10.8. The molecular weight excluding hydrogens is 530 g/mol. The van der Waals surface area contributed by atoms with Gasteiger partial charge in [-0.15, -0.1) is 0 Å². The Bertz CT molecular complexity index is 1360. The minimum absolute atomic E-state index is 0.0626. The van der Waals surface area contributed by atoms with Crippen molar-refractivity contribution in [3.63, 3.8) is 0 Å². The molecule has 4 heterocycles. The minimum atomic E-state index is -0.532. The Morgan fingerprint density at radius 2 is 1.88 bits per heavy atom. The maximum Gasteiger partial charge on any atom is 0.255 e. The van der Waals surface area contributed by atoms with Crippen molar-refractivity contribution in [1.82, 2.24) is 34.9 Å². The van der Waals surface area contributed by atoms with Crippen molar-refractivity contribution in [3.05, 3.63) is 76.6 Å². The third-order valence-electron chi connectivity index (χ3n) is 7.48. The van der Waals surface area contributed by atoms with Crippen LogP contribution in [0.2, 0.25) is 5.02 Å². The van der Waals surface area contributed by atoms with E-state index in [-0.39, 0.29) is 24.1 Å². The predicted octanol–water partition coefficient (Wildman–Crippen LogP) is 3.35. The summed E-state index contributed by atoms with van der Waals surface area (Å²) in [6, 6.07) is 10.5. The molecule has 0 aliphatic carbocycles. The van der Waals surface area contributed by atoms with Gasteiger partial charge in [-0.05, 0) is 50.7 Å². The second-order valence-electron chi connectivity index (χ2n) is 10.4. The van der Waals surface area contributed by atoms with Gasteiger partial charge in [-0.1, -0.05) is 41.9 Å². The number of hydrogen-bond donors (Lipinski definition) is 1. The zero-order valence-electron chi connectivity index (χ0n) is 22.6. The lowest BCUT2D eigenvalue weighted by Gasteiger charge is -2.36. The van der Waals surface area contributed by atoms with Crippen LogP contribution >= 0.6 is 11.6 Å². The van der Waals surface area contributed by atoms with Gasteiger partial charge < -0.3 is 15.1 Å². The highest BCUT2D eigenvalue weighted by atomic mass is 35.5. The Morgan fingerprint density at radius 1 is 1.05 bits per heavy atom. The number of aryl methyl sites for hydroxylation is 1. The van der Waals surface area contributed by atoms with Crippen LogP contribution in [0.25, 0.3) is 0 Å². The van der Waals surface area contributed by atoms with Crippen molar-refractivity contribution in [3.8, 4) is 0 Å². The average molecular weight is 564 g/mol. The van der Waals surface area contributed by atoms with E-state index < -0.39 is 12.1 Å². The van der Waals surface area contributed by atoms with E-state index >= 15 is 0 Å². The summed E-state index contributed by atoms with van der Waals surface area (Å²) in [7, 11) is 0. The van der Waals surface area contributed by atoms with Crippen LogP contribution in [0.1, 0.15) is 65.7 Å². The molecule has 1 aromatic carbocycles. The molecule has 1 saturated heterocycles. The van der Waals surface area contributed by atoms with Gasteiger partial charge in [-0.2, -0.15) is 5.10 Å². The van der Waals surface area contributed by atoms with E-state index in [0.29, 0.717) is 67.7 Å². The SMILES string of the molecule is Cc1nc2n(n1)CCN(C(=O)c1cncc(Cl)c1)CCCC(=O)N1CCCC[C@H]1C(=O)N[C@@H]2Cc1ccccc1. The summed E-state index contributed by atoms with van der Waals surface area (Å²) in [5, 5.41) is 8.23. The van der Waals surface area contributed by atoms with Gasteiger partial charge in [0.2, 0.25) is 11.8 Å². The number of benzene rings is 1. The van der Waals surface area contributed by atoms with E-state index in [2.05, 4.69) is 15.4 Å². The van der Waals surface area contributed by atoms with Gasteiger partial charge in [0.25, 0.3) is 5.91 Å². The topological polar surface area (TPSA) is 113 Å². The molecule has 210 valence electrons. The number of halogens is 1. The van der Waals surface area contributed by atoms with E-state index in [0.717, 1.165) is 18.4 Å². The second kappa shape index (κ2) is 12.6. The number of aromatic nitrogens is 4. The van der Waals surface area contributed by atoms with E-state index in [1.807, 2.05) is 37.3 Å². The fraction of sp³-hybridized carbons (Fsp3) is 0.448. The molecule has 0 spiro atoms. The summed E-state index contributed by atoms with van der Waals surface area (Å²) in [5.41, 5.74) is 1.43. The van der Waals surface area contributed by atoms with Gasteiger partial charge in [0.05, 0.1) is 23.2 Å². The molecule has 10 nitrogen and oxygen atoms in total. The Hall–Kier alpha value is -3.79. The molecule has 1 fully saturated rings. The maximum atomic E-state index is 13.7. The normalized spacial score (nSPS) is 20.8. The molecular formula is C29H34ClN7O3. The van der Waals surface area contributed by atoms with Crippen molar-refractivity contribution < 1.29 is 14.4 Å². The van der Waals surface area contributed by atoms with Crippen LogP contribution in [0.3, 0.4) is 0 Å². The molecule has 2 atom stereocenters. The molecule has 2 aliphatic heterocycles. The first-order valence-corrected chi connectivity index (χ1v) is 14.2. The molecule has 11 heteroatoms. The van der Waals surface area contributed by atoms with Gasteiger partial charge in [0.1, 0.15) is 17.7 Å². The number of carbonyl (C=O) groups is 3. The molecule has 0 saturated carbocycles. The number of hydrogen-bond acceptors (Lipinski definition) is 6. The van der Waals surface area contributed by atoms with Crippen molar-refractivity contribution >= 4 is 29.3 Å². The zero-order valence-corrected chi connectivity index (χ0v) is 23.4. The highest BCUT2D eigenvalue weighted by Gasteiger charge is 2.34. The predicted molar refractivity (Wildman–Crippen MR) is 150 cm³/mol. The first-order chi connectivity index (χ1) is 19.4. The first-order valence-electron chi connectivity index (χ1n) is 13.8. The Balaban J connectivity index is 1.50. The summed E-state index contributed by atoms with van der Waals surface area (Å²) in [5.74, 6) is 0.768. The summed E-state index contributed by atoms with van der Waals surface area (Å²) in [6.45, 7) is 3.45. The number of rotatable bonds is 3. The number of carbonyl (C=O) groups excluding carboxylic acids is 3. The molecule has 40 heavy (non-hydrogen) atoms. The smallest absolute Gasteiger partial charge is 0.255 e. The average Bonchev–Trinajstić information content (AvgIpc) is 3.34. The van der Waals surface area contributed by atoms with Gasteiger partial charge in [0, 0.05) is 38.4 Å². The summed E-state index contributed by atoms with van der Waals surface area (Å²) < 4.78 is 1.79. The maximum absolute atomic E-state index is 13.7. The molecule has 3 aromatic rings. The Labute approximate surface area is 238 Å². The van der Waals surface area contributed by atoms with Crippen LogP contribution in [-0.4, -0.2) is 72.9 Å². The number of pyridine rings is 1. The zero-order chi connectivity index (χ0) is 28.1. The van der Waals surface area contributed by atoms with Crippen LogP contribution in [0.5, 0.6) is 0 Å². The molecule has 0 unspecified atom stereocenters. The molecule has 5 rings (SSSR count). The van der Waals surface area contributed by atoms with Crippen LogP contribution in [0, 0.1) is 6.92 Å². The van der Waals surface area contributed by atoms with Crippen LogP contribution in [-0.2, 0) is 22.6 Å². The largest absolute Gasteiger partial charge is 0.344 e. The lowest BCUT2D eigenvalue weighted by atomic mass is 9.99. The Morgan fingerprint density at radius 3 is 2.67 bits per heavy atom. The molecule has 0 radical (unpaired) electrons. The summed E-state index contributed by atoms with van der Waals surface area (Å²) in [4.78, 5) is 52.7. The fourth-order valence-corrected chi connectivity index (χ4v) is 5.70. The molecule has 1 N–H and O–H groups in total. The van der Waals surface area contributed by atoms with E-state index in [1.54, 1.807) is 20.5 Å². The molecule has 2 aliphatic rings. The monoisotopic (exact) mass is 563 g/mol. The van der Waals surface area contributed by atoms with Crippen molar-refractivity contribution in [2.45, 2.75) is 64.1 Å². The lowest BCUT2D eigenvalue weighted by molar-refractivity contribution is -0.142. The Kier molecular flexibility index (Phi) is 8.74. The summed E-state index contributed by atoms with van der Waals surface area (Å²) in [6.07, 6.45) is 6.60. The summed E-state index contributed by atoms with van der Waals surface area (Å²) >= 11 is 6.11. The van der Waals surface area contributed by atoms with Gasteiger partial charge in [-0.25, -0.2) is 9.67 Å². The number of fused-ring (bicyclic) bond motifs is 2. The third kappa shape index (κ3) is 6.50. The fourth-order valence-electron chi connectivity index (χ4n) is 5.53. The molecule has 2 aromatic heterocycles. The van der Waals surface area contributed by atoms with Gasteiger partial charge in [-0.3, -0.25) is 19.4 Å². The van der Waals surface area contributed by atoms with Gasteiger partial charge in [0.15, 0.2) is 0 Å². The number of amides is 3. The van der Waals surface area contributed by atoms with E-state index in [1.165, 1.54) is 12.4 Å². The highest BCUT2D eigenvalue weighted by Crippen LogP contribution is 2.23.